The third-order valence-electron chi connectivity index (χ3n) is 5.31. The first-order valence-corrected chi connectivity index (χ1v) is 9.81. The first-order valence-electron chi connectivity index (χ1n) is 9.02. The first-order chi connectivity index (χ1) is 12.6. The van der Waals surface area contributed by atoms with Gasteiger partial charge in [-0.25, -0.2) is 0 Å². The van der Waals surface area contributed by atoms with Gasteiger partial charge in [-0.2, -0.15) is 0 Å². The van der Waals surface area contributed by atoms with Gasteiger partial charge in [-0.3, -0.25) is 9.59 Å². The Kier molecular flexibility index (Phi) is 4.57. The van der Waals surface area contributed by atoms with E-state index in [2.05, 4.69) is 21.2 Å². The molecule has 134 valence electrons. The lowest BCUT2D eigenvalue weighted by atomic mass is 9.95. The molecule has 1 N–H and O–H groups in total. The van der Waals surface area contributed by atoms with E-state index in [1.165, 1.54) is 0 Å². The number of carbonyl (C=O) groups excluding carboxylic acids is 2. The molecule has 1 aliphatic heterocycles. The highest BCUT2D eigenvalue weighted by molar-refractivity contribution is 9.10. The SMILES string of the molecule is O=C1CCCN1c1cccc(CNC(=O)C2(c3cccc(Br)c3)CC2)c1. The average Bonchev–Trinajstić information content (AvgIpc) is 3.35. The van der Waals surface area contributed by atoms with Crippen molar-refractivity contribution in [3.05, 3.63) is 64.1 Å². The van der Waals surface area contributed by atoms with Crippen LogP contribution >= 0.6 is 15.9 Å². The number of nitrogens with one attached hydrogen (secondary N) is 1. The Morgan fingerprint density at radius 1 is 1.15 bits per heavy atom. The fourth-order valence-corrected chi connectivity index (χ4v) is 4.06. The minimum atomic E-state index is -0.383. The zero-order chi connectivity index (χ0) is 18.1. The smallest absolute Gasteiger partial charge is 0.230 e. The number of nitrogens with zero attached hydrogens (tertiary/aromatic N) is 1. The van der Waals surface area contributed by atoms with Gasteiger partial charge < -0.3 is 10.2 Å². The average molecular weight is 413 g/mol. The largest absolute Gasteiger partial charge is 0.351 e. The van der Waals surface area contributed by atoms with E-state index < -0.39 is 0 Å². The Balaban J connectivity index is 1.44. The van der Waals surface area contributed by atoms with Crippen molar-refractivity contribution < 1.29 is 9.59 Å². The molecule has 0 bridgehead atoms. The Labute approximate surface area is 161 Å². The summed E-state index contributed by atoms with van der Waals surface area (Å²) in [4.78, 5) is 26.6. The van der Waals surface area contributed by atoms with E-state index in [1.54, 1.807) is 0 Å². The number of benzene rings is 2. The van der Waals surface area contributed by atoms with Gasteiger partial charge in [-0.05, 0) is 54.7 Å². The maximum atomic E-state index is 12.8. The van der Waals surface area contributed by atoms with Crippen molar-refractivity contribution >= 4 is 33.4 Å². The second kappa shape index (κ2) is 6.88. The fourth-order valence-electron chi connectivity index (χ4n) is 3.66. The maximum absolute atomic E-state index is 12.8. The van der Waals surface area contributed by atoms with Crippen LogP contribution in [0, 0.1) is 0 Å². The van der Waals surface area contributed by atoms with E-state index in [1.807, 2.05) is 53.4 Å². The Morgan fingerprint density at radius 3 is 2.65 bits per heavy atom. The molecule has 2 aliphatic rings. The first kappa shape index (κ1) is 17.3. The van der Waals surface area contributed by atoms with Crippen molar-refractivity contribution in [2.24, 2.45) is 0 Å². The molecule has 2 fully saturated rings. The summed E-state index contributed by atoms with van der Waals surface area (Å²) < 4.78 is 0.997. The predicted molar refractivity (Wildman–Crippen MR) is 105 cm³/mol. The quantitative estimate of drug-likeness (QED) is 0.808. The summed E-state index contributed by atoms with van der Waals surface area (Å²) in [6, 6.07) is 15.9. The van der Waals surface area contributed by atoms with Crippen molar-refractivity contribution in [1.29, 1.82) is 0 Å². The highest BCUT2D eigenvalue weighted by atomic mass is 79.9. The minimum Gasteiger partial charge on any atom is -0.351 e. The lowest BCUT2D eigenvalue weighted by Gasteiger charge is -2.18. The van der Waals surface area contributed by atoms with Crippen LogP contribution in [0.5, 0.6) is 0 Å². The second-order valence-corrected chi connectivity index (χ2v) is 8.01. The van der Waals surface area contributed by atoms with Crippen molar-refractivity contribution in [3.8, 4) is 0 Å². The van der Waals surface area contributed by atoms with Crippen LogP contribution in [0.3, 0.4) is 0 Å². The molecule has 0 spiro atoms. The van der Waals surface area contributed by atoms with Gasteiger partial charge in [0.2, 0.25) is 11.8 Å². The van der Waals surface area contributed by atoms with Crippen LogP contribution in [-0.4, -0.2) is 18.4 Å². The summed E-state index contributed by atoms with van der Waals surface area (Å²) in [7, 11) is 0. The van der Waals surface area contributed by atoms with Crippen LogP contribution in [0.4, 0.5) is 5.69 Å². The van der Waals surface area contributed by atoms with Gasteiger partial charge in [0.25, 0.3) is 0 Å². The molecule has 2 aromatic carbocycles. The normalized spacial score (nSPS) is 18.0. The van der Waals surface area contributed by atoms with E-state index in [-0.39, 0.29) is 17.2 Å². The van der Waals surface area contributed by atoms with Crippen molar-refractivity contribution in [3.63, 3.8) is 0 Å². The summed E-state index contributed by atoms with van der Waals surface area (Å²) in [6.07, 6.45) is 3.31. The summed E-state index contributed by atoms with van der Waals surface area (Å²) in [5.74, 6) is 0.260. The molecule has 1 saturated heterocycles. The molecule has 4 nitrogen and oxygen atoms in total. The van der Waals surface area contributed by atoms with Gasteiger partial charge in [0.1, 0.15) is 0 Å². The number of hydrogen-bond donors (Lipinski definition) is 1. The Bertz CT molecular complexity index is 861. The molecule has 0 unspecified atom stereocenters. The van der Waals surface area contributed by atoms with E-state index in [4.69, 9.17) is 0 Å². The number of rotatable bonds is 5. The lowest BCUT2D eigenvalue weighted by molar-refractivity contribution is -0.123. The summed E-state index contributed by atoms with van der Waals surface area (Å²) in [6.45, 7) is 1.26. The Hall–Kier alpha value is -2.14. The molecule has 0 aromatic heterocycles. The standard InChI is InChI=1S/C21H21BrN2O2/c22-17-6-2-5-16(13-17)21(9-10-21)20(26)23-14-15-4-1-7-18(12-15)24-11-3-8-19(24)25/h1-2,4-7,12-13H,3,8-11,14H2,(H,23,26). The number of carbonyl (C=O) groups is 2. The molecule has 1 saturated carbocycles. The summed E-state index contributed by atoms with van der Waals surface area (Å²) in [5, 5.41) is 3.09. The van der Waals surface area contributed by atoms with E-state index in [0.717, 1.165) is 47.1 Å². The number of hydrogen-bond acceptors (Lipinski definition) is 2. The summed E-state index contributed by atoms with van der Waals surface area (Å²) in [5.41, 5.74) is 2.63. The molecule has 0 atom stereocenters. The van der Waals surface area contributed by atoms with Crippen LogP contribution in [0.2, 0.25) is 0 Å². The van der Waals surface area contributed by atoms with Gasteiger partial charge >= 0.3 is 0 Å². The zero-order valence-electron chi connectivity index (χ0n) is 14.5. The van der Waals surface area contributed by atoms with E-state index in [9.17, 15) is 9.59 Å². The lowest BCUT2D eigenvalue weighted by Crippen LogP contribution is -2.34. The van der Waals surface area contributed by atoms with Crippen molar-refractivity contribution in [2.45, 2.75) is 37.6 Å². The molecule has 1 aliphatic carbocycles. The van der Waals surface area contributed by atoms with Crippen LogP contribution in [0.1, 0.15) is 36.8 Å². The molecule has 26 heavy (non-hydrogen) atoms. The van der Waals surface area contributed by atoms with Crippen LogP contribution in [0.25, 0.3) is 0 Å². The molecule has 2 amide bonds. The third kappa shape index (κ3) is 3.28. The van der Waals surface area contributed by atoms with Crippen LogP contribution in [0.15, 0.2) is 53.0 Å². The van der Waals surface area contributed by atoms with Crippen molar-refractivity contribution in [1.82, 2.24) is 5.32 Å². The highest BCUT2D eigenvalue weighted by Gasteiger charge is 2.51. The topological polar surface area (TPSA) is 49.4 Å². The highest BCUT2D eigenvalue weighted by Crippen LogP contribution is 2.48. The number of halogens is 1. The van der Waals surface area contributed by atoms with Gasteiger partial charge in [0, 0.05) is 29.7 Å². The molecule has 0 radical (unpaired) electrons. The van der Waals surface area contributed by atoms with E-state index in [0.29, 0.717) is 13.0 Å². The number of anilines is 1. The second-order valence-electron chi connectivity index (χ2n) is 7.09. The molecule has 4 rings (SSSR count). The summed E-state index contributed by atoms with van der Waals surface area (Å²) >= 11 is 3.49. The van der Waals surface area contributed by atoms with Gasteiger partial charge in [-0.15, -0.1) is 0 Å². The molecule has 1 heterocycles. The zero-order valence-corrected chi connectivity index (χ0v) is 16.1. The fraction of sp³-hybridized carbons (Fsp3) is 0.333. The maximum Gasteiger partial charge on any atom is 0.230 e. The Morgan fingerprint density at radius 2 is 1.96 bits per heavy atom. The van der Waals surface area contributed by atoms with Crippen LogP contribution in [-0.2, 0) is 21.5 Å². The van der Waals surface area contributed by atoms with E-state index >= 15 is 0 Å². The molecular formula is C21H21BrN2O2. The van der Waals surface area contributed by atoms with Gasteiger partial charge in [0.15, 0.2) is 0 Å². The van der Waals surface area contributed by atoms with Crippen LogP contribution < -0.4 is 10.2 Å². The monoisotopic (exact) mass is 412 g/mol. The van der Waals surface area contributed by atoms with Crippen molar-refractivity contribution in [2.75, 3.05) is 11.4 Å². The minimum absolute atomic E-state index is 0.0817. The molecule has 5 heteroatoms. The molecular weight excluding hydrogens is 392 g/mol. The van der Waals surface area contributed by atoms with Gasteiger partial charge in [0.05, 0.1) is 5.41 Å². The predicted octanol–water partition coefficient (Wildman–Crippen LogP) is 3.92. The number of amides is 2. The molecule has 2 aromatic rings. The third-order valence-corrected chi connectivity index (χ3v) is 5.80. The van der Waals surface area contributed by atoms with Gasteiger partial charge in [-0.1, -0.05) is 40.2 Å².